The van der Waals surface area contributed by atoms with Gasteiger partial charge in [0.1, 0.15) is 12.1 Å². The van der Waals surface area contributed by atoms with Crippen LogP contribution >= 0.6 is 0 Å². The molecule has 1 saturated carbocycles. The molecule has 0 unspecified atom stereocenters. The van der Waals surface area contributed by atoms with Crippen molar-refractivity contribution in [3.05, 3.63) is 0 Å². The minimum absolute atomic E-state index is 0.0470. The van der Waals surface area contributed by atoms with Gasteiger partial charge in [-0.3, -0.25) is 4.79 Å². The van der Waals surface area contributed by atoms with Gasteiger partial charge in [-0.1, -0.05) is 19.3 Å². The summed E-state index contributed by atoms with van der Waals surface area (Å²) in [5.74, 6) is -0.980. The lowest BCUT2D eigenvalue weighted by Crippen LogP contribution is -2.31. The van der Waals surface area contributed by atoms with Crippen LogP contribution in [0.25, 0.3) is 0 Å². The second-order valence-electron chi connectivity index (χ2n) is 5.74. The molecule has 1 aliphatic rings. The van der Waals surface area contributed by atoms with Crippen LogP contribution in [-0.2, 0) is 9.53 Å². The molecule has 1 fully saturated rings. The third-order valence-electron chi connectivity index (χ3n) is 3.85. The van der Waals surface area contributed by atoms with E-state index < -0.39 is 12.0 Å². The lowest BCUT2D eigenvalue weighted by Gasteiger charge is -2.20. The summed E-state index contributed by atoms with van der Waals surface area (Å²) in [6.45, 7) is 0.498. The molecule has 0 spiro atoms. The molecular weight excluding hydrogens is 272 g/mol. The first-order valence-electron chi connectivity index (χ1n) is 8.02. The topological polar surface area (TPSA) is 102 Å². The highest BCUT2D eigenvalue weighted by Gasteiger charge is 2.15. The third-order valence-corrected chi connectivity index (χ3v) is 3.85. The molecule has 0 aromatic heterocycles. The second kappa shape index (κ2) is 10.4. The lowest BCUT2D eigenvalue weighted by molar-refractivity contribution is -0.138. The second-order valence-corrected chi connectivity index (χ2v) is 5.74. The van der Waals surface area contributed by atoms with Gasteiger partial charge in [-0.05, 0) is 44.9 Å². The average Bonchev–Trinajstić information content (AvgIpc) is 2.41. The van der Waals surface area contributed by atoms with Gasteiger partial charge in [0.05, 0.1) is 0 Å². The number of nitrogens with one attached hydrogen (secondary N) is 1. The number of carboxylic acid groups (broad SMARTS) is 1. The van der Waals surface area contributed by atoms with E-state index in [1.54, 1.807) is 0 Å². The summed E-state index contributed by atoms with van der Waals surface area (Å²) in [6.07, 6.45) is 9.42. The quantitative estimate of drug-likeness (QED) is 0.627. The zero-order valence-electron chi connectivity index (χ0n) is 12.7. The number of unbranched alkanes of at least 4 members (excludes halogenated alkanes) is 1. The van der Waals surface area contributed by atoms with Gasteiger partial charge in [0.25, 0.3) is 0 Å². The first-order valence-corrected chi connectivity index (χ1v) is 8.02. The molecule has 0 heterocycles. The number of hydrogen-bond donors (Lipinski definition) is 3. The monoisotopic (exact) mass is 300 g/mol. The molecule has 1 atom stereocenters. The predicted molar refractivity (Wildman–Crippen MR) is 80.1 cm³/mol. The number of ether oxygens (including phenoxy) is 1. The van der Waals surface area contributed by atoms with Crippen molar-refractivity contribution in [1.82, 2.24) is 5.32 Å². The van der Waals surface area contributed by atoms with Gasteiger partial charge in [0.2, 0.25) is 0 Å². The molecule has 0 aliphatic heterocycles. The van der Waals surface area contributed by atoms with E-state index in [0.717, 1.165) is 25.7 Å². The minimum atomic E-state index is -0.980. The molecule has 0 aromatic carbocycles. The molecule has 1 amide bonds. The maximum Gasteiger partial charge on any atom is 0.407 e. The Labute approximate surface area is 126 Å². The highest BCUT2D eigenvalue weighted by atomic mass is 16.6. The van der Waals surface area contributed by atoms with Crippen LogP contribution < -0.4 is 11.1 Å². The van der Waals surface area contributed by atoms with Crippen molar-refractivity contribution in [2.24, 2.45) is 5.73 Å². The van der Waals surface area contributed by atoms with Crippen molar-refractivity contribution in [2.75, 3.05) is 6.54 Å². The Morgan fingerprint density at radius 1 is 1.14 bits per heavy atom. The Balaban J connectivity index is 2.06. The molecule has 0 aromatic rings. The third kappa shape index (κ3) is 8.55. The highest BCUT2D eigenvalue weighted by Crippen LogP contribution is 2.19. The molecule has 6 heteroatoms. The summed E-state index contributed by atoms with van der Waals surface area (Å²) in [5.41, 5.74) is 5.40. The van der Waals surface area contributed by atoms with Gasteiger partial charge >= 0.3 is 12.1 Å². The molecule has 6 nitrogen and oxygen atoms in total. The maximum absolute atomic E-state index is 11.7. The van der Waals surface area contributed by atoms with Crippen LogP contribution in [0.1, 0.15) is 64.2 Å². The molecule has 0 radical (unpaired) electrons. The Bertz CT molecular complexity index is 315. The molecule has 21 heavy (non-hydrogen) atoms. The number of alkyl carbamates (subject to hydrolysis) is 1. The van der Waals surface area contributed by atoms with Crippen LogP contribution in [0.4, 0.5) is 4.79 Å². The minimum Gasteiger partial charge on any atom is -0.480 e. The van der Waals surface area contributed by atoms with Gasteiger partial charge in [-0.2, -0.15) is 0 Å². The summed E-state index contributed by atoms with van der Waals surface area (Å²) in [4.78, 5) is 22.2. The Kier molecular flexibility index (Phi) is 8.82. The maximum atomic E-state index is 11.7. The fourth-order valence-corrected chi connectivity index (χ4v) is 2.53. The zero-order chi connectivity index (χ0) is 15.5. The van der Waals surface area contributed by atoms with Gasteiger partial charge in [0.15, 0.2) is 0 Å². The van der Waals surface area contributed by atoms with Crippen molar-refractivity contribution in [3.63, 3.8) is 0 Å². The summed E-state index contributed by atoms with van der Waals surface area (Å²) in [7, 11) is 0. The number of nitrogens with two attached hydrogens (primary N) is 1. The molecule has 1 rings (SSSR count). The largest absolute Gasteiger partial charge is 0.480 e. The van der Waals surface area contributed by atoms with Crippen LogP contribution in [0.2, 0.25) is 0 Å². The van der Waals surface area contributed by atoms with E-state index in [9.17, 15) is 9.59 Å². The first-order chi connectivity index (χ1) is 10.1. The number of carbonyl (C=O) groups excluding carboxylic acids is 1. The number of carbonyl (C=O) groups is 2. The number of hydrogen-bond acceptors (Lipinski definition) is 4. The number of amides is 1. The van der Waals surface area contributed by atoms with Crippen molar-refractivity contribution < 1.29 is 19.4 Å². The molecular formula is C15H28N2O4. The molecule has 0 bridgehead atoms. The van der Waals surface area contributed by atoms with Crippen LogP contribution in [0.15, 0.2) is 0 Å². The Morgan fingerprint density at radius 2 is 1.76 bits per heavy atom. The fraction of sp³-hybridized carbons (Fsp3) is 0.867. The van der Waals surface area contributed by atoms with E-state index in [1.165, 1.54) is 19.3 Å². The van der Waals surface area contributed by atoms with Gasteiger partial charge < -0.3 is 20.9 Å². The van der Waals surface area contributed by atoms with Gasteiger partial charge in [-0.25, -0.2) is 4.79 Å². The van der Waals surface area contributed by atoms with Crippen molar-refractivity contribution >= 4 is 12.1 Å². The Morgan fingerprint density at radius 3 is 2.38 bits per heavy atom. The fourth-order valence-electron chi connectivity index (χ4n) is 2.53. The first kappa shape index (κ1) is 17.8. The molecule has 0 saturated heterocycles. The zero-order valence-corrected chi connectivity index (χ0v) is 12.7. The number of carboxylic acids is 1. The van der Waals surface area contributed by atoms with E-state index in [1.807, 2.05) is 0 Å². The summed E-state index contributed by atoms with van der Waals surface area (Å²) < 4.78 is 5.42. The summed E-state index contributed by atoms with van der Waals surface area (Å²) >= 11 is 0. The molecule has 4 N–H and O–H groups in total. The van der Waals surface area contributed by atoms with Gasteiger partial charge in [-0.15, -0.1) is 0 Å². The summed E-state index contributed by atoms with van der Waals surface area (Å²) in [6, 6.07) is -0.813. The van der Waals surface area contributed by atoms with E-state index in [2.05, 4.69) is 5.32 Å². The Hall–Kier alpha value is -1.30. The standard InChI is InChI=1S/C15H28N2O4/c16-13(14(18)19)10-6-7-11-17-15(20)21-12-8-4-2-1-3-5-9-12/h12-13H,1-11,16H2,(H,17,20)(H,18,19)/t13-/m0/s1. The summed E-state index contributed by atoms with van der Waals surface area (Å²) in [5, 5.41) is 11.4. The number of rotatable bonds is 7. The van der Waals surface area contributed by atoms with Crippen molar-refractivity contribution in [1.29, 1.82) is 0 Å². The van der Waals surface area contributed by atoms with E-state index in [4.69, 9.17) is 15.6 Å². The smallest absolute Gasteiger partial charge is 0.407 e. The van der Waals surface area contributed by atoms with Crippen molar-refractivity contribution in [3.8, 4) is 0 Å². The van der Waals surface area contributed by atoms with Crippen LogP contribution in [0.5, 0.6) is 0 Å². The van der Waals surface area contributed by atoms with Crippen LogP contribution in [-0.4, -0.2) is 35.9 Å². The predicted octanol–water partition coefficient (Wildman–Crippen LogP) is 2.41. The van der Waals surface area contributed by atoms with Crippen LogP contribution in [0.3, 0.4) is 0 Å². The highest BCUT2D eigenvalue weighted by molar-refractivity contribution is 5.72. The average molecular weight is 300 g/mol. The van der Waals surface area contributed by atoms with E-state index in [0.29, 0.717) is 25.8 Å². The molecule has 122 valence electrons. The van der Waals surface area contributed by atoms with Crippen molar-refractivity contribution in [2.45, 2.75) is 76.4 Å². The normalized spacial score (nSPS) is 18.3. The van der Waals surface area contributed by atoms with E-state index >= 15 is 0 Å². The van der Waals surface area contributed by atoms with Gasteiger partial charge in [0, 0.05) is 6.54 Å². The van der Waals surface area contributed by atoms with E-state index in [-0.39, 0.29) is 12.2 Å². The molecule has 1 aliphatic carbocycles. The lowest BCUT2D eigenvalue weighted by atomic mass is 9.99. The number of aliphatic carboxylic acids is 1. The SMILES string of the molecule is N[C@@H](CCCCNC(=O)OC1CCCCCCC1)C(=O)O. The van der Waals surface area contributed by atoms with Crippen LogP contribution in [0, 0.1) is 0 Å².